The zero-order valence-electron chi connectivity index (χ0n) is 14.2. The number of nitrogens with one attached hydrogen (secondary N) is 1. The maximum atomic E-state index is 12.3. The summed E-state index contributed by atoms with van der Waals surface area (Å²) in [5.74, 6) is -1.06. The Morgan fingerprint density at radius 3 is 2.12 bits per heavy atom. The van der Waals surface area contributed by atoms with Crippen molar-refractivity contribution in [1.82, 2.24) is 10.2 Å². The van der Waals surface area contributed by atoms with Gasteiger partial charge < -0.3 is 10.4 Å². The SMILES string of the molecule is O=C(CCN1C(=O)c2ccccc2C1=O)NC(CO)Cc1ccccc1. The molecule has 1 unspecified atom stereocenters. The molecule has 2 N–H and O–H groups in total. The second-order valence-corrected chi connectivity index (χ2v) is 6.19. The van der Waals surface area contributed by atoms with Gasteiger partial charge in [0.25, 0.3) is 11.8 Å². The molecule has 0 spiro atoms. The summed E-state index contributed by atoms with van der Waals surface area (Å²) in [7, 11) is 0. The Bertz CT molecular complexity index is 785. The van der Waals surface area contributed by atoms with E-state index in [1.54, 1.807) is 24.3 Å². The number of carbonyl (C=O) groups excluding carboxylic acids is 3. The molecule has 2 aromatic carbocycles. The maximum absolute atomic E-state index is 12.3. The standard InChI is InChI=1S/C20H20N2O4/c23-13-15(12-14-6-2-1-3-7-14)21-18(24)10-11-22-19(25)16-8-4-5-9-17(16)20(22)26/h1-9,15,23H,10-13H2,(H,21,24). The minimum atomic E-state index is -0.410. The van der Waals surface area contributed by atoms with Crippen LogP contribution in [0.5, 0.6) is 0 Å². The van der Waals surface area contributed by atoms with E-state index in [9.17, 15) is 19.5 Å². The maximum Gasteiger partial charge on any atom is 0.261 e. The van der Waals surface area contributed by atoms with Crippen LogP contribution in [0.4, 0.5) is 0 Å². The summed E-state index contributed by atoms with van der Waals surface area (Å²) in [6.07, 6.45) is 0.507. The van der Waals surface area contributed by atoms with Gasteiger partial charge in [0, 0.05) is 13.0 Å². The first-order valence-corrected chi connectivity index (χ1v) is 8.49. The summed E-state index contributed by atoms with van der Waals surface area (Å²) in [6, 6.07) is 15.8. The lowest BCUT2D eigenvalue weighted by Gasteiger charge is -2.18. The van der Waals surface area contributed by atoms with Gasteiger partial charge in [-0.2, -0.15) is 0 Å². The molecule has 0 saturated carbocycles. The highest BCUT2D eigenvalue weighted by Gasteiger charge is 2.35. The van der Waals surface area contributed by atoms with Crippen molar-refractivity contribution in [3.05, 3.63) is 71.3 Å². The normalized spacial score (nSPS) is 14.3. The van der Waals surface area contributed by atoms with Crippen LogP contribution >= 0.6 is 0 Å². The monoisotopic (exact) mass is 352 g/mol. The van der Waals surface area contributed by atoms with Gasteiger partial charge in [-0.05, 0) is 24.1 Å². The number of nitrogens with zero attached hydrogens (tertiary/aromatic N) is 1. The third-order valence-electron chi connectivity index (χ3n) is 4.35. The van der Waals surface area contributed by atoms with Crippen LogP contribution in [0.3, 0.4) is 0 Å². The molecule has 1 aliphatic heterocycles. The number of amides is 3. The molecule has 6 nitrogen and oxygen atoms in total. The van der Waals surface area contributed by atoms with E-state index in [4.69, 9.17) is 0 Å². The van der Waals surface area contributed by atoms with Gasteiger partial charge in [0.15, 0.2) is 0 Å². The molecule has 26 heavy (non-hydrogen) atoms. The topological polar surface area (TPSA) is 86.7 Å². The van der Waals surface area contributed by atoms with Crippen LogP contribution < -0.4 is 5.32 Å². The van der Waals surface area contributed by atoms with Crippen LogP contribution in [0.25, 0.3) is 0 Å². The number of imide groups is 1. The predicted octanol–water partition coefficient (Wildman–Crippen LogP) is 1.39. The minimum Gasteiger partial charge on any atom is -0.394 e. The van der Waals surface area contributed by atoms with Gasteiger partial charge in [-0.1, -0.05) is 42.5 Å². The van der Waals surface area contributed by atoms with Crippen LogP contribution in [0.15, 0.2) is 54.6 Å². The van der Waals surface area contributed by atoms with E-state index in [0.717, 1.165) is 10.5 Å². The summed E-state index contributed by atoms with van der Waals surface area (Å²) in [5, 5.41) is 12.2. The van der Waals surface area contributed by atoms with Crippen molar-refractivity contribution in [1.29, 1.82) is 0 Å². The first-order valence-electron chi connectivity index (χ1n) is 8.49. The molecular formula is C20H20N2O4. The Morgan fingerprint density at radius 1 is 0.962 bits per heavy atom. The molecule has 134 valence electrons. The van der Waals surface area contributed by atoms with Crippen molar-refractivity contribution in [2.24, 2.45) is 0 Å². The molecule has 1 aliphatic rings. The zero-order chi connectivity index (χ0) is 18.5. The van der Waals surface area contributed by atoms with Crippen LogP contribution in [-0.4, -0.2) is 46.9 Å². The van der Waals surface area contributed by atoms with Crippen LogP contribution in [-0.2, 0) is 11.2 Å². The smallest absolute Gasteiger partial charge is 0.261 e. The number of fused-ring (bicyclic) bond motifs is 1. The van der Waals surface area contributed by atoms with E-state index in [1.165, 1.54) is 0 Å². The lowest BCUT2D eigenvalue weighted by molar-refractivity contribution is -0.122. The van der Waals surface area contributed by atoms with Gasteiger partial charge in [0.05, 0.1) is 23.8 Å². The van der Waals surface area contributed by atoms with Gasteiger partial charge in [-0.25, -0.2) is 0 Å². The van der Waals surface area contributed by atoms with Crippen LogP contribution in [0, 0.1) is 0 Å². The molecule has 0 bridgehead atoms. The van der Waals surface area contributed by atoms with Crippen molar-refractivity contribution in [3.63, 3.8) is 0 Å². The predicted molar refractivity (Wildman–Crippen MR) is 95.6 cm³/mol. The molecule has 0 saturated heterocycles. The summed E-state index contributed by atoms with van der Waals surface area (Å²) in [4.78, 5) is 37.8. The highest BCUT2D eigenvalue weighted by atomic mass is 16.3. The first-order chi connectivity index (χ1) is 12.6. The van der Waals surface area contributed by atoms with Crippen LogP contribution in [0.1, 0.15) is 32.7 Å². The summed E-state index contributed by atoms with van der Waals surface area (Å²) in [6.45, 7) is -0.171. The second-order valence-electron chi connectivity index (χ2n) is 6.19. The molecule has 2 aromatic rings. The average molecular weight is 352 g/mol. The van der Waals surface area contributed by atoms with Crippen molar-refractivity contribution in [3.8, 4) is 0 Å². The van der Waals surface area contributed by atoms with Gasteiger partial charge >= 0.3 is 0 Å². The molecule has 1 atom stereocenters. The summed E-state index contributed by atoms with van der Waals surface area (Å²) in [5.41, 5.74) is 1.75. The number of hydrogen-bond acceptors (Lipinski definition) is 4. The third kappa shape index (κ3) is 3.81. The van der Waals surface area contributed by atoms with E-state index in [1.807, 2.05) is 30.3 Å². The molecule has 0 fully saturated rings. The van der Waals surface area contributed by atoms with E-state index >= 15 is 0 Å². The second kappa shape index (κ2) is 7.93. The number of aliphatic hydroxyl groups excluding tert-OH is 1. The Morgan fingerprint density at radius 2 is 1.54 bits per heavy atom. The number of aliphatic hydroxyl groups is 1. The summed E-state index contributed by atoms with van der Waals surface area (Å²) < 4.78 is 0. The van der Waals surface area contributed by atoms with E-state index in [2.05, 4.69) is 5.32 Å². The molecular weight excluding hydrogens is 332 g/mol. The first kappa shape index (κ1) is 17.8. The van der Waals surface area contributed by atoms with Crippen molar-refractivity contribution >= 4 is 17.7 Å². The molecule has 3 amide bonds. The molecule has 3 rings (SSSR count). The fraction of sp³-hybridized carbons (Fsp3) is 0.250. The van der Waals surface area contributed by atoms with Crippen molar-refractivity contribution in [2.75, 3.05) is 13.2 Å². The highest BCUT2D eigenvalue weighted by Crippen LogP contribution is 2.22. The fourth-order valence-electron chi connectivity index (χ4n) is 3.02. The Hall–Kier alpha value is -2.99. The zero-order valence-corrected chi connectivity index (χ0v) is 14.2. The third-order valence-corrected chi connectivity index (χ3v) is 4.35. The highest BCUT2D eigenvalue weighted by molar-refractivity contribution is 6.21. The van der Waals surface area contributed by atoms with Gasteiger partial charge in [-0.15, -0.1) is 0 Å². The lowest BCUT2D eigenvalue weighted by Crippen LogP contribution is -2.41. The van der Waals surface area contributed by atoms with Crippen LogP contribution in [0.2, 0.25) is 0 Å². The van der Waals surface area contributed by atoms with Gasteiger partial charge in [0.2, 0.25) is 5.91 Å². The molecule has 0 aliphatic carbocycles. The Labute approximate surface area is 151 Å². The molecule has 1 heterocycles. The van der Waals surface area contributed by atoms with Crippen molar-refractivity contribution in [2.45, 2.75) is 18.9 Å². The molecule has 6 heteroatoms. The van der Waals surface area contributed by atoms with Gasteiger partial charge in [0.1, 0.15) is 0 Å². The minimum absolute atomic E-state index is 0.00322. The number of rotatable bonds is 7. The lowest BCUT2D eigenvalue weighted by atomic mass is 10.1. The number of carbonyl (C=O) groups is 3. The van der Waals surface area contributed by atoms with E-state index in [-0.39, 0.29) is 37.3 Å². The summed E-state index contributed by atoms with van der Waals surface area (Å²) >= 11 is 0. The van der Waals surface area contributed by atoms with Gasteiger partial charge in [-0.3, -0.25) is 19.3 Å². The Kier molecular flexibility index (Phi) is 5.43. The number of benzene rings is 2. The van der Waals surface area contributed by atoms with E-state index < -0.39 is 6.04 Å². The molecule has 0 aromatic heterocycles. The van der Waals surface area contributed by atoms with Crippen molar-refractivity contribution < 1.29 is 19.5 Å². The average Bonchev–Trinajstić information content (AvgIpc) is 2.91. The number of hydrogen-bond donors (Lipinski definition) is 2. The fourth-order valence-corrected chi connectivity index (χ4v) is 3.02. The quantitative estimate of drug-likeness (QED) is 0.738. The van der Waals surface area contributed by atoms with E-state index in [0.29, 0.717) is 17.5 Å². The largest absolute Gasteiger partial charge is 0.394 e. The molecule has 0 radical (unpaired) electrons. The Balaban J connectivity index is 1.54.